The summed E-state index contributed by atoms with van der Waals surface area (Å²) in [6.45, 7) is 0. The van der Waals surface area contributed by atoms with Crippen molar-refractivity contribution in [1.82, 2.24) is 0 Å². The molecule has 0 bridgehead atoms. The highest BCUT2D eigenvalue weighted by atomic mass is 32.1. The quantitative estimate of drug-likeness (QED) is 0.338. The first-order valence-electron chi connectivity index (χ1n) is 5.14. The minimum Gasteiger partial charge on any atom is -0.398 e. The number of benzene rings is 1. The fraction of sp³-hybridized carbons (Fsp3) is 0. The molecule has 0 aliphatic rings. The van der Waals surface area contributed by atoms with Crippen LogP contribution in [0.5, 0.6) is 0 Å². The van der Waals surface area contributed by atoms with Crippen LogP contribution in [-0.4, -0.2) is 10.9 Å². The molecule has 6 N–H and O–H groups in total. The Kier molecular flexibility index (Phi) is 3.59. The highest BCUT2D eigenvalue weighted by Crippen LogP contribution is 2.25. The van der Waals surface area contributed by atoms with Crippen molar-refractivity contribution in [3.05, 3.63) is 40.6 Å². The fourth-order valence-corrected chi connectivity index (χ4v) is 2.33. The molecular formula is C12H12N4S2. The maximum Gasteiger partial charge on any atom is 0.192 e. The van der Waals surface area contributed by atoms with Gasteiger partial charge < -0.3 is 17.2 Å². The molecule has 0 atom stereocenters. The van der Waals surface area contributed by atoms with Gasteiger partial charge in [0.2, 0.25) is 0 Å². The second kappa shape index (κ2) is 5.16. The van der Waals surface area contributed by atoms with Crippen LogP contribution in [0.1, 0.15) is 5.56 Å². The Balaban J connectivity index is 2.48. The fourth-order valence-electron chi connectivity index (χ4n) is 1.57. The van der Waals surface area contributed by atoms with E-state index in [4.69, 9.17) is 29.4 Å². The van der Waals surface area contributed by atoms with E-state index in [1.807, 2.05) is 23.6 Å². The van der Waals surface area contributed by atoms with Gasteiger partial charge in [-0.15, -0.1) is 0 Å². The molecule has 0 radical (unpaired) electrons. The lowest BCUT2D eigenvalue weighted by atomic mass is 10.0. The summed E-state index contributed by atoms with van der Waals surface area (Å²) >= 11 is 6.33. The number of amidine groups is 1. The van der Waals surface area contributed by atoms with Crippen molar-refractivity contribution >= 4 is 40.2 Å². The predicted molar refractivity (Wildman–Crippen MR) is 81.7 cm³/mol. The van der Waals surface area contributed by atoms with E-state index < -0.39 is 0 Å². The van der Waals surface area contributed by atoms with Gasteiger partial charge in [0.15, 0.2) is 5.11 Å². The molecule has 0 spiro atoms. The molecule has 0 saturated carbocycles. The zero-order valence-corrected chi connectivity index (χ0v) is 11.1. The molecule has 1 aromatic heterocycles. The highest BCUT2D eigenvalue weighted by Gasteiger charge is 2.07. The highest BCUT2D eigenvalue weighted by molar-refractivity contribution is 7.80. The van der Waals surface area contributed by atoms with E-state index in [2.05, 4.69) is 10.4 Å². The summed E-state index contributed by atoms with van der Waals surface area (Å²) in [6, 6.07) is 7.65. The molecule has 0 fully saturated rings. The minimum atomic E-state index is -0.00663. The van der Waals surface area contributed by atoms with E-state index in [1.54, 1.807) is 17.4 Å². The van der Waals surface area contributed by atoms with Crippen LogP contribution in [-0.2, 0) is 0 Å². The standard InChI is InChI=1S/C12H12N4S2/c13-10-2-1-7(8-3-4-18-6-8)5-9(10)11(14)16-12(15)17/h1-6H,13H2,(H4,14,15,16,17). The Labute approximate surface area is 114 Å². The number of thiocarbonyl (C=S) groups is 1. The number of anilines is 1. The van der Waals surface area contributed by atoms with E-state index in [0.717, 1.165) is 11.1 Å². The van der Waals surface area contributed by atoms with E-state index in [1.165, 1.54) is 0 Å². The second-order valence-corrected chi connectivity index (χ2v) is 4.85. The van der Waals surface area contributed by atoms with Crippen LogP contribution in [0.15, 0.2) is 40.0 Å². The van der Waals surface area contributed by atoms with Gasteiger partial charge in [0, 0.05) is 11.3 Å². The molecule has 2 rings (SSSR count). The molecule has 0 aliphatic heterocycles. The molecule has 2 aromatic rings. The molecule has 0 unspecified atom stereocenters. The van der Waals surface area contributed by atoms with Crippen LogP contribution >= 0.6 is 23.6 Å². The molecule has 0 amide bonds. The van der Waals surface area contributed by atoms with Crippen LogP contribution in [0.2, 0.25) is 0 Å². The number of nitrogens with two attached hydrogens (primary N) is 3. The van der Waals surface area contributed by atoms with Crippen molar-refractivity contribution in [3.8, 4) is 11.1 Å². The van der Waals surface area contributed by atoms with Gasteiger partial charge in [0.05, 0.1) is 0 Å². The number of hydrogen-bond acceptors (Lipinski definition) is 3. The van der Waals surface area contributed by atoms with Gasteiger partial charge in [-0.25, -0.2) is 4.99 Å². The number of thiophene rings is 1. The molecule has 0 aliphatic carbocycles. The van der Waals surface area contributed by atoms with Crippen LogP contribution < -0.4 is 17.2 Å². The SMILES string of the molecule is NC(=S)/N=C(\N)c1cc(-c2ccsc2)ccc1N. The summed E-state index contributed by atoms with van der Waals surface area (Å²) in [5, 5.41) is 4.06. The van der Waals surface area contributed by atoms with E-state index in [0.29, 0.717) is 11.3 Å². The monoisotopic (exact) mass is 276 g/mol. The van der Waals surface area contributed by atoms with Gasteiger partial charge in [-0.05, 0) is 52.3 Å². The van der Waals surface area contributed by atoms with Crippen molar-refractivity contribution in [2.75, 3.05) is 5.73 Å². The second-order valence-electron chi connectivity index (χ2n) is 3.65. The summed E-state index contributed by atoms with van der Waals surface area (Å²) in [5.74, 6) is 0.233. The van der Waals surface area contributed by atoms with E-state index >= 15 is 0 Å². The van der Waals surface area contributed by atoms with Crippen LogP contribution in [0.25, 0.3) is 11.1 Å². The van der Waals surface area contributed by atoms with Crippen molar-refractivity contribution in [2.24, 2.45) is 16.5 Å². The molecular weight excluding hydrogens is 264 g/mol. The third-order valence-corrected chi connectivity index (χ3v) is 3.19. The van der Waals surface area contributed by atoms with Gasteiger partial charge >= 0.3 is 0 Å². The van der Waals surface area contributed by atoms with Gasteiger partial charge in [-0.2, -0.15) is 11.3 Å². The van der Waals surface area contributed by atoms with Gasteiger partial charge in [0.25, 0.3) is 0 Å². The lowest BCUT2D eigenvalue weighted by Gasteiger charge is -2.07. The lowest BCUT2D eigenvalue weighted by Crippen LogP contribution is -2.19. The first kappa shape index (κ1) is 12.5. The molecule has 1 heterocycles. The Hall–Kier alpha value is -1.92. The average molecular weight is 276 g/mol. The normalized spacial score (nSPS) is 11.4. The molecule has 18 heavy (non-hydrogen) atoms. The molecule has 0 saturated heterocycles. The summed E-state index contributed by atoms with van der Waals surface area (Å²) in [4.78, 5) is 3.86. The number of nitrogens with zero attached hydrogens (tertiary/aromatic N) is 1. The van der Waals surface area contributed by atoms with Crippen molar-refractivity contribution in [3.63, 3.8) is 0 Å². The largest absolute Gasteiger partial charge is 0.398 e. The third-order valence-electron chi connectivity index (χ3n) is 2.41. The first-order valence-corrected chi connectivity index (χ1v) is 6.49. The average Bonchev–Trinajstić information content (AvgIpc) is 2.82. The zero-order valence-electron chi connectivity index (χ0n) is 9.46. The van der Waals surface area contributed by atoms with E-state index in [9.17, 15) is 0 Å². The van der Waals surface area contributed by atoms with E-state index in [-0.39, 0.29) is 10.9 Å². The van der Waals surface area contributed by atoms with Crippen LogP contribution in [0, 0.1) is 0 Å². The number of hydrogen-bond donors (Lipinski definition) is 3. The van der Waals surface area contributed by atoms with Crippen molar-refractivity contribution < 1.29 is 0 Å². The smallest absolute Gasteiger partial charge is 0.192 e. The van der Waals surface area contributed by atoms with Gasteiger partial charge in [-0.3, -0.25) is 0 Å². The van der Waals surface area contributed by atoms with Crippen LogP contribution in [0.3, 0.4) is 0 Å². The number of nitrogen functional groups attached to an aromatic ring is 1. The van der Waals surface area contributed by atoms with Crippen molar-refractivity contribution in [1.29, 1.82) is 0 Å². The summed E-state index contributed by atoms with van der Waals surface area (Å²) < 4.78 is 0. The van der Waals surface area contributed by atoms with Gasteiger partial charge in [0.1, 0.15) is 5.84 Å². The molecule has 92 valence electrons. The topological polar surface area (TPSA) is 90.4 Å². The number of rotatable bonds is 2. The van der Waals surface area contributed by atoms with Gasteiger partial charge in [-0.1, -0.05) is 6.07 Å². The summed E-state index contributed by atoms with van der Waals surface area (Å²) in [5.41, 5.74) is 20.4. The van der Waals surface area contributed by atoms with Crippen LogP contribution in [0.4, 0.5) is 5.69 Å². The first-order chi connectivity index (χ1) is 8.58. The Morgan fingerprint density at radius 1 is 1.17 bits per heavy atom. The summed E-state index contributed by atoms with van der Waals surface area (Å²) in [7, 11) is 0. The predicted octanol–water partition coefficient (Wildman–Crippen LogP) is 1.95. The maximum absolute atomic E-state index is 5.88. The van der Waals surface area contributed by atoms with Crippen molar-refractivity contribution in [2.45, 2.75) is 0 Å². The zero-order chi connectivity index (χ0) is 13.1. The third kappa shape index (κ3) is 2.66. The number of aliphatic imine (C=N–C) groups is 1. The maximum atomic E-state index is 5.88. The lowest BCUT2D eigenvalue weighted by molar-refractivity contribution is 1.50. The Morgan fingerprint density at radius 2 is 1.94 bits per heavy atom. The molecule has 6 heteroatoms. The summed E-state index contributed by atoms with van der Waals surface area (Å²) in [6.07, 6.45) is 0. The Bertz CT molecular complexity index is 603. The molecule has 4 nitrogen and oxygen atoms in total. The molecule has 1 aromatic carbocycles. The Morgan fingerprint density at radius 3 is 2.56 bits per heavy atom. The minimum absolute atomic E-state index is 0.00663.